The van der Waals surface area contributed by atoms with E-state index in [0.29, 0.717) is 16.3 Å². The summed E-state index contributed by atoms with van der Waals surface area (Å²) in [5.41, 5.74) is 9.21. The number of halogens is 2. The molecule has 0 radical (unpaired) electrons. The van der Waals surface area contributed by atoms with E-state index in [4.69, 9.17) is 22.1 Å². The molecule has 0 spiro atoms. The standard InChI is InChI=1S/C15H13ClFN3OS/c16-12-4-1-10(2-5-12)9-21-14-7-13(17)6-3-11(14)8-19-20-15(18)22/h1-8H,9H2,(H3,18,20,22). The largest absolute Gasteiger partial charge is 0.488 e. The smallest absolute Gasteiger partial charge is 0.184 e. The number of nitrogens with zero attached hydrogens (tertiary/aromatic N) is 1. The Bertz CT molecular complexity index is 692. The number of nitrogens with one attached hydrogen (secondary N) is 1. The molecule has 0 amide bonds. The van der Waals surface area contributed by atoms with Gasteiger partial charge in [0.05, 0.1) is 6.21 Å². The minimum atomic E-state index is -0.398. The summed E-state index contributed by atoms with van der Waals surface area (Å²) in [6, 6.07) is 11.4. The lowest BCUT2D eigenvalue weighted by Gasteiger charge is -2.09. The van der Waals surface area contributed by atoms with E-state index in [2.05, 4.69) is 22.7 Å². The van der Waals surface area contributed by atoms with Gasteiger partial charge in [-0.1, -0.05) is 23.7 Å². The summed E-state index contributed by atoms with van der Waals surface area (Å²) in [5, 5.41) is 4.53. The third-order valence-electron chi connectivity index (χ3n) is 2.66. The first-order valence-corrected chi connectivity index (χ1v) is 7.08. The molecule has 2 rings (SSSR count). The number of benzene rings is 2. The molecule has 4 nitrogen and oxygen atoms in total. The second-order valence-corrected chi connectivity index (χ2v) is 5.21. The van der Waals surface area contributed by atoms with Crippen LogP contribution < -0.4 is 15.9 Å². The second kappa shape index (κ2) is 7.72. The van der Waals surface area contributed by atoms with Crippen LogP contribution in [0.1, 0.15) is 11.1 Å². The molecule has 7 heteroatoms. The molecule has 0 bridgehead atoms. The maximum atomic E-state index is 13.4. The lowest BCUT2D eigenvalue weighted by molar-refractivity contribution is 0.304. The summed E-state index contributed by atoms with van der Waals surface area (Å²) in [4.78, 5) is 0. The molecule has 0 aromatic heterocycles. The first-order chi connectivity index (χ1) is 10.5. The Morgan fingerprint density at radius 1 is 1.32 bits per heavy atom. The van der Waals surface area contributed by atoms with Crippen molar-refractivity contribution in [1.29, 1.82) is 0 Å². The lowest BCUT2D eigenvalue weighted by atomic mass is 10.2. The van der Waals surface area contributed by atoms with Gasteiger partial charge in [-0.3, -0.25) is 5.43 Å². The summed E-state index contributed by atoms with van der Waals surface area (Å²) in [7, 11) is 0. The number of ether oxygens (including phenoxy) is 1. The van der Waals surface area contributed by atoms with E-state index < -0.39 is 5.82 Å². The molecule has 2 aromatic carbocycles. The third-order valence-corrected chi connectivity index (χ3v) is 3.00. The van der Waals surface area contributed by atoms with Crippen molar-refractivity contribution in [3.63, 3.8) is 0 Å². The molecule has 114 valence electrons. The van der Waals surface area contributed by atoms with Crippen LogP contribution in [0, 0.1) is 5.82 Å². The highest BCUT2D eigenvalue weighted by Crippen LogP contribution is 2.20. The monoisotopic (exact) mass is 337 g/mol. The van der Waals surface area contributed by atoms with E-state index in [1.54, 1.807) is 18.2 Å². The van der Waals surface area contributed by atoms with Crippen LogP contribution in [-0.4, -0.2) is 11.3 Å². The molecular formula is C15H13ClFN3OS. The molecular weight excluding hydrogens is 325 g/mol. The van der Waals surface area contributed by atoms with Gasteiger partial charge in [-0.15, -0.1) is 0 Å². The predicted molar refractivity (Wildman–Crippen MR) is 89.7 cm³/mol. The highest BCUT2D eigenvalue weighted by molar-refractivity contribution is 7.80. The minimum Gasteiger partial charge on any atom is -0.488 e. The van der Waals surface area contributed by atoms with Gasteiger partial charge in [0.25, 0.3) is 0 Å². The van der Waals surface area contributed by atoms with Crippen LogP contribution in [0.2, 0.25) is 5.02 Å². The summed E-state index contributed by atoms with van der Waals surface area (Å²) in [6.45, 7) is 0.282. The van der Waals surface area contributed by atoms with Gasteiger partial charge in [-0.05, 0) is 42.0 Å². The van der Waals surface area contributed by atoms with Crippen LogP contribution in [0.15, 0.2) is 47.6 Å². The summed E-state index contributed by atoms with van der Waals surface area (Å²) >= 11 is 10.5. The van der Waals surface area contributed by atoms with Gasteiger partial charge < -0.3 is 10.5 Å². The number of hydrogen-bond acceptors (Lipinski definition) is 3. The summed E-state index contributed by atoms with van der Waals surface area (Å²) in [6.07, 6.45) is 1.45. The van der Waals surface area contributed by atoms with Crippen LogP contribution in [0.25, 0.3) is 0 Å². The maximum absolute atomic E-state index is 13.4. The number of hydrazone groups is 1. The third kappa shape index (κ3) is 4.98. The topological polar surface area (TPSA) is 59.6 Å². The highest BCUT2D eigenvalue weighted by atomic mass is 35.5. The van der Waals surface area contributed by atoms with E-state index >= 15 is 0 Å². The Balaban J connectivity index is 2.11. The molecule has 0 unspecified atom stereocenters. The quantitative estimate of drug-likeness (QED) is 0.499. The van der Waals surface area contributed by atoms with Gasteiger partial charge in [0.2, 0.25) is 0 Å². The van der Waals surface area contributed by atoms with Crippen molar-refractivity contribution >= 4 is 35.1 Å². The zero-order chi connectivity index (χ0) is 15.9. The van der Waals surface area contributed by atoms with E-state index in [9.17, 15) is 4.39 Å². The first-order valence-electron chi connectivity index (χ1n) is 6.30. The van der Waals surface area contributed by atoms with Crippen molar-refractivity contribution in [1.82, 2.24) is 5.43 Å². The number of hydrogen-bond donors (Lipinski definition) is 2. The van der Waals surface area contributed by atoms with Gasteiger partial charge in [-0.25, -0.2) is 4.39 Å². The van der Waals surface area contributed by atoms with Crippen LogP contribution in [0.5, 0.6) is 5.75 Å². The minimum absolute atomic E-state index is 0.0435. The highest BCUT2D eigenvalue weighted by Gasteiger charge is 2.05. The number of nitrogens with two attached hydrogens (primary N) is 1. The van der Waals surface area contributed by atoms with Gasteiger partial charge >= 0.3 is 0 Å². The number of thiocarbonyl (C=S) groups is 1. The average Bonchev–Trinajstić information content (AvgIpc) is 2.48. The molecule has 0 heterocycles. The summed E-state index contributed by atoms with van der Waals surface area (Å²) < 4.78 is 19.0. The fraction of sp³-hybridized carbons (Fsp3) is 0.0667. The van der Waals surface area contributed by atoms with Crippen LogP contribution in [-0.2, 0) is 6.61 Å². The Morgan fingerprint density at radius 3 is 2.73 bits per heavy atom. The predicted octanol–water partition coefficient (Wildman–Crippen LogP) is 3.23. The Morgan fingerprint density at radius 2 is 2.05 bits per heavy atom. The second-order valence-electron chi connectivity index (χ2n) is 4.33. The molecule has 0 aliphatic carbocycles. The lowest BCUT2D eigenvalue weighted by Crippen LogP contribution is -2.24. The van der Waals surface area contributed by atoms with Crippen LogP contribution in [0.4, 0.5) is 4.39 Å². The van der Waals surface area contributed by atoms with Gasteiger partial charge in [0.1, 0.15) is 18.2 Å². The molecule has 2 aromatic rings. The van der Waals surface area contributed by atoms with Crippen molar-refractivity contribution in [2.75, 3.05) is 0 Å². The molecule has 0 saturated heterocycles. The SMILES string of the molecule is NC(=S)NN=Cc1ccc(F)cc1OCc1ccc(Cl)cc1. The molecule has 3 N–H and O–H groups in total. The molecule has 0 aliphatic heterocycles. The molecule has 0 saturated carbocycles. The van der Waals surface area contributed by atoms with Gasteiger partial charge in [0, 0.05) is 16.7 Å². The summed E-state index contributed by atoms with van der Waals surface area (Å²) in [5.74, 6) is -0.0333. The van der Waals surface area contributed by atoms with Crippen molar-refractivity contribution in [3.05, 3.63) is 64.4 Å². The van der Waals surface area contributed by atoms with Crippen molar-refractivity contribution in [2.24, 2.45) is 10.8 Å². The normalized spacial score (nSPS) is 10.6. The van der Waals surface area contributed by atoms with Crippen LogP contribution in [0.3, 0.4) is 0 Å². The van der Waals surface area contributed by atoms with E-state index in [1.807, 2.05) is 12.1 Å². The Labute approximate surface area is 137 Å². The van der Waals surface area contributed by atoms with Gasteiger partial charge in [0.15, 0.2) is 5.11 Å². The zero-order valence-corrected chi connectivity index (χ0v) is 13.0. The van der Waals surface area contributed by atoms with Gasteiger partial charge in [-0.2, -0.15) is 5.10 Å². The van der Waals surface area contributed by atoms with Crippen molar-refractivity contribution in [2.45, 2.75) is 6.61 Å². The van der Waals surface area contributed by atoms with E-state index in [-0.39, 0.29) is 11.7 Å². The Hall–Kier alpha value is -2.18. The fourth-order valence-electron chi connectivity index (χ4n) is 1.65. The number of rotatable bonds is 5. The van der Waals surface area contributed by atoms with Crippen molar-refractivity contribution < 1.29 is 9.13 Å². The van der Waals surface area contributed by atoms with E-state index in [0.717, 1.165) is 5.56 Å². The first kappa shape index (κ1) is 16.2. The van der Waals surface area contributed by atoms with E-state index in [1.165, 1.54) is 18.3 Å². The fourth-order valence-corrected chi connectivity index (χ4v) is 1.83. The Kier molecular flexibility index (Phi) is 5.68. The van der Waals surface area contributed by atoms with Crippen molar-refractivity contribution in [3.8, 4) is 5.75 Å². The molecule has 0 aliphatic rings. The molecule has 0 fully saturated rings. The maximum Gasteiger partial charge on any atom is 0.184 e. The molecule has 22 heavy (non-hydrogen) atoms. The zero-order valence-electron chi connectivity index (χ0n) is 11.4. The van der Waals surface area contributed by atoms with Crippen LogP contribution >= 0.6 is 23.8 Å². The molecule has 0 atom stereocenters. The average molecular weight is 338 g/mol.